The Bertz CT molecular complexity index is 1280. The summed E-state index contributed by atoms with van der Waals surface area (Å²) in [6, 6.07) is 35.5. The third-order valence-corrected chi connectivity index (χ3v) is 8.22. The first-order chi connectivity index (χ1) is 14.3. The molecule has 0 aliphatic heterocycles. The van der Waals surface area contributed by atoms with E-state index in [2.05, 4.69) is 4.98 Å². The van der Waals surface area contributed by atoms with Crippen molar-refractivity contribution in [3.8, 4) is 5.69 Å². The van der Waals surface area contributed by atoms with Crippen molar-refractivity contribution >= 4 is 34.1 Å². The van der Waals surface area contributed by atoms with Crippen molar-refractivity contribution in [3.05, 3.63) is 116 Å². The largest absolute Gasteiger partial charge is 0.309 e. The summed E-state index contributed by atoms with van der Waals surface area (Å²) in [5, 5.41) is 2.47. The van der Waals surface area contributed by atoms with Crippen LogP contribution >= 0.6 is 7.14 Å². The molecule has 1 aromatic heterocycles. The summed E-state index contributed by atoms with van der Waals surface area (Å²) < 4.78 is 16.6. The summed E-state index contributed by atoms with van der Waals surface area (Å²) in [5.41, 5.74) is 2.91. The third-order valence-electron chi connectivity index (χ3n) is 5.16. The van der Waals surface area contributed by atoms with E-state index in [1.807, 2.05) is 120 Å². The fourth-order valence-corrected chi connectivity index (χ4v) is 6.42. The van der Waals surface area contributed by atoms with Crippen LogP contribution in [0, 0.1) is 0 Å². The van der Waals surface area contributed by atoms with E-state index in [1.54, 1.807) is 0 Å². The molecule has 0 saturated carbocycles. The molecule has 4 aromatic carbocycles. The van der Waals surface area contributed by atoms with Crippen LogP contribution in [0.25, 0.3) is 16.7 Å². The lowest BCUT2D eigenvalue weighted by Gasteiger charge is -2.20. The zero-order valence-electron chi connectivity index (χ0n) is 15.7. The second-order valence-corrected chi connectivity index (χ2v) is 9.67. The number of para-hydroxylation sites is 2. The lowest BCUT2D eigenvalue weighted by molar-refractivity contribution is 0.592. The first-order valence-electron chi connectivity index (χ1n) is 9.51. The smallest absolute Gasteiger partial charge is 0.171 e. The van der Waals surface area contributed by atoms with Crippen LogP contribution < -0.4 is 15.9 Å². The normalized spacial score (nSPS) is 11.6. The summed E-state index contributed by atoms with van der Waals surface area (Å²) in [6.45, 7) is 0. The van der Waals surface area contributed by atoms with Gasteiger partial charge in [0.1, 0.15) is 6.33 Å². The lowest BCUT2D eigenvalue weighted by atomic mass is 10.3. The third kappa shape index (κ3) is 3.00. The average molecular weight is 394 g/mol. The van der Waals surface area contributed by atoms with Gasteiger partial charge in [-0.25, -0.2) is 4.98 Å². The lowest BCUT2D eigenvalue weighted by Crippen LogP contribution is -2.25. The maximum atomic E-state index is 14.6. The predicted molar refractivity (Wildman–Crippen MR) is 120 cm³/mol. The second-order valence-electron chi connectivity index (χ2n) is 6.90. The molecule has 140 valence electrons. The molecule has 0 aliphatic rings. The number of hydrogen-bond donors (Lipinski definition) is 0. The highest BCUT2D eigenvalue weighted by molar-refractivity contribution is 7.85. The monoisotopic (exact) mass is 394 g/mol. The van der Waals surface area contributed by atoms with Crippen LogP contribution in [0.5, 0.6) is 0 Å². The van der Waals surface area contributed by atoms with Crippen LogP contribution in [-0.2, 0) is 4.57 Å². The van der Waals surface area contributed by atoms with Crippen molar-refractivity contribution in [1.29, 1.82) is 0 Å². The molecule has 4 heteroatoms. The fraction of sp³-hybridized carbons (Fsp3) is 0. The van der Waals surface area contributed by atoms with Gasteiger partial charge in [0, 0.05) is 21.6 Å². The van der Waals surface area contributed by atoms with E-state index in [1.165, 1.54) is 0 Å². The minimum absolute atomic E-state index is 0.810. The number of benzene rings is 4. The molecule has 0 aliphatic carbocycles. The predicted octanol–water partition coefficient (Wildman–Crippen LogP) is 4.66. The molecule has 0 spiro atoms. The van der Waals surface area contributed by atoms with Gasteiger partial charge in [-0.2, -0.15) is 0 Å². The summed E-state index contributed by atoms with van der Waals surface area (Å²) in [4.78, 5) is 4.50. The molecular weight excluding hydrogens is 375 g/mol. The van der Waals surface area contributed by atoms with Crippen LogP contribution in [0.15, 0.2) is 116 Å². The van der Waals surface area contributed by atoms with Gasteiger partial charge in [0.05, 0.1) is 11.0 Å². The molecule has 5 aromatic rings. The fourth-order valence-electron chi connectivity index (χ4n) is 3.73. The molecule has 5 rings (SSSR count). The zero-order valence-corrected chi connectivity index (χ0v) is 16.6. The maximum Gasteiger partial charge on any atom is 0.171 e. The highest BCUT2D eigenvalue weighted by atomic mass is 31.2. The van der Waals surface area contributed by atoms with Crippen molar-refractivity contribution in [3.63, 3.8) is 0 Å². The van der Waals surface area contributed by atoms with E-state index >= 15 is 0 Å². The summed E-state index contributed by atoms with van der Waals surface area (Å²) in [7, 11) is -3.00. The standard InChI is InChI=1S/C25H19N2OP/c28-29(21-11-3-1-4-12-21,22-13-5-2-6-14-22)23-15-9-10-20(18-23)27-19-26-24-16-7-8-17-25(24)27/h1-19H. The van der Waals surface area contributed by atoms with Gasteiger partial charge in [0.2, 0.25) is 0 Å². The summed E-state index contributed by atoms with van der Waals surface area (Å²) in [5.74, 6) is 0. The van der Waals surface area contributed by atoms with E-state index in [0.717, 1.165) is 32.6 Å². The number of hydrogen-bond acceptors (Lipinski definition) is 2. The second kappa shape index (κ2) is 7.20. The van der Waals surface area contributed by atoms with Crippen molar-refractivity contribution in [2.75, 3.05) is 0 Å². The quantitative estimate of drug-likeness (QED) is 0.416. The molecule has 3 nitrogen and oxygen atoms in total. The zero-order chi connectivity index (χ0) is 19.7. The Morgan fingerprint density at radius 1 is 0.621 bits per heavy atom. The summed E-state index contributed by atoms with van der Waals surface area (Å²) in [6.07, 6.45) is 1.82. The van der Waals surface area contributed by atoms with Crippen molar-refractivity contribution < 1.29 is 4.57 Å². The molecular formula is C25H19N2OP. The first-order valence-corrected chi connectivity index (χ1v) is 11.2. The Labute approximate surface area is 169 Å². The van der Waals surface area contributed by atoms with Crippen molar-refractivity contribution in [2.45, 2.75) is 0 Å². The van der Waals surface area contributed by atoms with Crippen molar-refractivity contribution in [1.82, 2.24) is 9.55 Å². The van der Waals surface area contributed by atoms with Gasteiger partial charge in [0.25, 0.3) is 0 Å². The minimum atomic E-state index is -3.00. The molecule has 0 unspecified atom stereocenters. The molecule has 0 bridgehead atoms. The number of imidazole rings is 1. The molecule has 0 amide bonds. The summed E-state index contributed by atoms with van der Waals surface area (Å²) >= 11 is 0. The molecule has 0 atom stereocenters. The topological polar surface area (TPSA) is 34.9 Å². The average Bonchev–Trinajstić information content (AvgIpc) is 3.24. The highest BCUT2D eigenvalue weighted by Gasteiger charge is 2.29. The van der Waals surface area contributed by atoms with Crippen molar-refractivity contribution in [2.24, 2.45) is 0 Å². The van der Waals surface area contributed by atoms with E-state index in [4.69, 9.17) is 0 Å². The number of fused-ring (bicyclic) bond motifs is 1. The Morgan fingerprint density at radius 3 is 1.90 bits per heavy atom. The maximum absolute atomic E-state index is 14.6. The van der Waals surface area contributed by atoms with E-state index in [9.17, 15) is 4.57 Å². The van der Waals surface area contributed by atoms with Gasteiger partial charge in [-0.15, -0.1) is 0 Å². The molecule has 0 radical (unpaired) electrons. The Balaban J connectivity index is 1.73. The van der Waals surface area contributed by atoms with Crippen LogP contribution in [0.1, 0.15) is 0 Å². The van der Waals surface area contributed by atoms with Gasteiger partial charge in [0.15, 0.2) is 7.14 Å². The number of aromatic nitrogens is 2. The van der Waals surface area contributed by atoms with Crippen LogP contribution in [0.2, 0.25) is 0 Å². The highest BCUT2D eigenvalue weighted by Crippen LogP contribution is 2.42. The van der Waals surface area contributed by atoms with Crippen LogP contribution in [0.4, 0.5) is 0 Å². The van der Waals surface area contributed by atoms with Crippen LogP contribution in [-0.4, -0.2) is 9.55 Å². The van der Waals surface area contributed by atoms with Gasteiger partial charge in [-0.05, 0) is 24.3 Å². The first kappa shape index (κ1) is 17.7. The molecule has 1 heterocycles. The number of rotatable bonds is 4. The molecule has 0 fully saturated rings. The van der Waals surface area contributed by atoms with Gasteiger partial charge < -0.3 is 4.57 Å². The van der Waals surface area contributed by atoms with Gasteiger partial charge in [-0.1, -0.05) is 84.9 Å². The Morgan fingerprint density at radius 2 is 1.21 bits per heavy atom. The molecule has 0 saturated heterocycles. The van der Waals surface area contributed by atoms with E-state index in [-0.39, 0.29) is 0 Å². The minimum Gasteiger partial charge on any atom is -0.309 e. The van der Waals surface area contributed by atoms with Gasteiger partial charge >= 0.3 is 0 Å². The SMILES string of the molecule is O=P(c1ccccc1)(c1ccccc1)c1cccc(-n2cnc3ccccc32)c1. The molecule has 29 heavy (non-hydrogen) atoms. The number of nitrogens with zero attached hydrogens (tertiary/aromatic N) is 2. The Kier molecular flexibility index (Phi) is 4.38. The van der Waals surface area contributed by atoms with E-state index < -0.39 is 7.14 Å². The Hall–Kier alpha value is -3.42. The van der Waals surface area contributed by atoms with Gasteiger partial charge in [-0.3, -0.25) is 4.57 Å². The van der Waals surface area contributed by atoms with Crippen LogP contribution in [0.3, 0.4) is 0 Å². The molecule has 0 N–H and O–H groups in total. The van der Waals surface area contributed by atoms with E-state index in [0.29, 0.717) is 0 Å².